The first-order chi connectivity index (χ1) is 10.1. The molecule has 1 aliphatic carbocycles. The van der Waals surface area contributed by atoms with Crippen molar-refractivity contribution < 1.29 is 14.3 Å². The molecular formula is C15H17ClN2O3. The Labute approximate surface area is 128 Å². The summed E-state index contributed by atoms with van der Waals surface area (Å²) >= 11 is 5.90. The maximum Gasteiger partial charge on any atom is 0.251 e. The van der Waals surface area contributed by atoms with E-state index in [9.17, 15) is 9.59 Å². The molecule has 2 aliphatic rings. The molecule has 2 atom stereocenters. The Hall–Kier alpha value is -1.59. The molecule has 1 saturated carbocycles. The van der Waals surface area contributed by atoms with Crippen molar-refractivity contribution in [2.45, 2.75) is 31.0 Å². The number of carbonyl (C=O) groups is 2. The Morgan fingerprint density at radius 3 is 2.62 bits per heavy atom. The maximum atomic E-state index is 12.4. The monoisotopic (exact) mass is 308 g/mol. The van der Waals surface area contributed by atoms with Crippen LogP contribution in [0.1, 0.15) is 24.4 Å². The van der Waals surface area contributed by atoms with Gasteiger partial charge in [-0.15, -0.1) is 0 Å². The number of nitrogens with one attached hydrogen (secondary N) is 1. The van der Waals surface area contributed by atoms with Crippen molar-refractivity contribution in [2.75, 3.05) is 13.7 Å². The molecule has 0 bridgehead atoms. The molecular weight excluding hydrogens is 292 g/mol. The quantitative estimate of drug-likeness (QED) is 0.921. The van der Waals surface area contributed by atoms with Gasteiger partial charge in [0.25, 0.3) is 5.91 Å². The van der Waals surface area contributed by atoms with Crippen LogP contribution < -0.4 is 5.32 Å². The molecule has 0 spiro atoms. The van der Waals surface area contributed by atoms with Gasteiger partial charge in [-0.05, 0) is 30.5 Å². The van der Waals surface area contributed by atoms with Crippen LogP contribution >= 0.6 is 11.6 Å². The molecule has 1 aromatic carbocycles. The Balaban J connectivity index is 1.86. The minimum atomic E-state index is -0.686. The van der Waals surface area contributed by atoms with Crippen LogP contribution in [0.5, 0.6) is 0 Å². The standard InChI is InChI=1S/C15H17ClN2O3/c1-18-12(19)8-21-14(15(20)17-11-6-7-11)13(18)9-2-4-10(16)5-3-9/h2-5,11,13-14H,6-8H2,1H3,(H,17,20)/t13-,14-/m1/s1. The summed E-state index contributed by atoms with van der Waals surface area (Å²) < 4.78 is 5.51. The Morgan fingerprint density at radius 1 is 1.33 bits per heavy atom. The first kappa shape index (κ1) is 14.4. The van der Waals surface area contributed by atoms with E-state index in [4.69, 9.17) is 16.3 Å². The van der Waals surface area contributed by atoms with E-state index in [1.165, 1.54) is 0 Å². The van der Waals surface area contributed by atoms with Gasteiger partial charge in [0, 0.05) is 18.1 Å². The fraction of sp³-hybridized carbons (Fsp3) is 0.467. The lowest BCUT2D eigenvalue weighted by molar-refractivity contribution is -0.162. The van der Waals surface area contributed by atoms with E-state index in [1.807, 2.05) is 12.1 Å². The molecule has 3 rings (SSSR count). The lowest BCUT2D eigenvalue weighted by atomic mass is 9.97. The van der Waals surface area contributed by atoms with Gasteiger partial charge >= 0.3 is 0 Å². The number of carbonyl (C=O) groups excluding carboxylic acids is 2. The van der Waals surface area contributed by atoms with Crippen molar-refractivity contribution in [2.24, 2.45) is 0 Å². The molecule has 2 fully saturated rings. The second kappa shape index (κ2) is 5.66. The first-order valence-electron chi connectivity index (χ1n) is 6.99. The van der Waals surface area contributed by atoms with Gasteiger partial charge in [-0.3, -0.25) is 9.59 Å². The van der Waals surface area contributed by atoms with Crippen LogP contribution in [0, 0.1) is 0 Å². The molecule has 112 valence electrons. The molecule has 1 aromatic rings. The van der Waals surface area contributed by atoms with Gasteiger partial charge in [-0.2, -0.15) is 0 Å². The lowest BCUT2D eigenvalue weighted by Gasteiger charge is -2.38. The van der Waals surface area contributed by atoms with Crippen LogP contribution in [0.4, 0.5) is 0 Å². The molecule has 21 heavy (non-hydrogen) atoms. The van der Waals surface area contributed by atoms with Gasteiger partial charge in [-0.25, -0.2) is 0 Å². The summed E-state index contributed by atoms with van der Waals surface area (Å²) in [5, 5.41) is 3.56. The SMILES string of the molecule is CN1C(=O)CO[C@@H](C(=O)NC2CC2)[C@H]1c1ccc(Cl)cc1. The van der Waals surface area contributed by atoms with Crippen LogP contribution in [0.25, 0.3) is 0 Å². The Morgan fingerprint density at radius 2 is 2.00 bits per heavy atom. The van der Waals surface area contributed by atoms with E-state index < -0.39 is 12.1 Å². The summed E-state index contributed by atoms with van der Waals surface area (Å²) in [7, 11) is 1.70. The van der Waals surface area contributed by atoms with Gasteiger partial charge in [0.15, 0.2) is 6.10 Å². The van der Waals surface area contributed by atoms with Crippen LogP contribution in [0.15, 0.2) is 24.3 Å². The highest BCUT2D eigenvalue weighted by Gasteiger charge is 2.41. The van der Waals surface area contributed by atoms with Gasteiger partial charge in [-0.1, -0.05) is 23.7 Å². The van der Waals surface area contributed by atoms with Crippen LogP contribution in [-0.2, 0) is 14.3 Å². The number of benzene rings is 1. The zero-order chi connectivity index (χ0) is 15.0. The third-order valence-electron chi connectivity index (χ3n) is 3.88. The average Bonchev–Trinajstić information content (AvgIpc) is 3.27. The zero-order valence-corrected chi connectivity index (χ0v) is 12.5. The van der Waals surface area contributed by atoms with E-state index >= 15 is 0 Å². The predicted octanol–water partition coefficient (Wildman–Crippen LogP) is 1.52. The molecule has 1 aliphatic heterocycles. The van der Waals surface area contributed by atoms with Gasteiger partial charge < -0.3 is 15.0 Å². The fourth-order valence-corrected chi connectivity index (χ4v) is 2.63. The third kappa shape index (κ3) is 3.04. The average molecular weight is 309 g/mol. The predicted molar refractivity (Wildman–Crippen MR) is 77.9 cm³/mol. The van der Waals surface area contributed by atoms with E-state index in [0.717, 1.165) is 18.4 Å². The van der Waals surface area contributed by atoms with Crippen molar-refractivity contribution >= 4 is 23.4 Å². The zero-order valence-electron chi connectivity index (χ0n) is 11.7. The third-order valence-corrected chi connectivity index (χ3v) is 4.13. The summed E-state index contributed by atoms with van der Waals surface area (Å²) in [6.07, 6.45) is 1.34. The minimum Gasteiger partial charge on any atom is -0.356 e. The van der Waals surface area contributed by atoms with E-state index in [0.29, 0.717) is 5.02 Å². The molecule has 1 N–H and O–H groups in total. The van der Waals surface area contributed by atoms with Crippen LogP contribution in [0.3, 0.4) is 0 Å². The molecule has 0 aromatic heterocycles. The highest BCUT2D eigenvalue weighted by atomic mass is 35.5. The number of ether oxygens (including phenoxy) is 1. The van der Waals surface area contributed by atoms with E-state index in [2.05, 4.69) is 5.32 Å². The Kier molecular flexibility index (Phi) is 3.87. The number of nitrogens with zero attached hydrogens (tertiary/aromatic N) is 1. The van der Waals surface area contributed by atoms with Crippen LogP contribution in [0.2, 0.25) is 5.02 Å². The number of morpholine rings is 1. The highest BCUT2D eigenvalue weighted by Crippen LogP contribution is 2.30. The molecule has 0 unspecified atom stereocenters. The van der Waals surface area contributed by atoms with Gasteiger partial charge in [0.2, 0.25) is 5.91 Å². The number of amides is 2. The number of hydrogen-bond acceptors (Lipinski definition) is 3. The van der Waals surface area contributed by atoms with Gasteiger partial charge in [0.05, 0.1) is 6.04 Å². The Bertz CT molecular complexity index is 557. The lowest BCUT2D eigenvalue weighted by Crippen LogP contribution is -2.53. The smallest absolute Gasteiger partial charge is 0.251 e. The summed E-state index contributed by atoms with van der Waals surface area (Å²) in [5.41, 5.74) is 0.839. The molecule has 1 heterocycles. The molecule has 5 nitrogen and oxygen atoms in total. The number of rotatable bonds is 3. The minimum absolute atomic E-state index is 0.0661. The maximum absolute atomic E-state index is 12.4. The largest absolute Gasteiger partial charge is 0.356 e. The molecule has 2 amide bonds. The van der Waals surface area contributed by atoms with E-state index in [1.54, 1.807) is 24.1 Å². The molecule has 6 heteroatoms. The fourth-order valence-electron chi connectivity index (χ4n) is 2.50. The second-order valence-electron chi connectivity index (χ2n) is 5.52. The van der Waals surface area contributed by atoms with Crippen molar-refractivity contribution in [1.29, 1.82) is 0 Å². The number of halogens is 1. The van der Waals surface area contributed by atoms with Crippen LogP contribution in [-0.4, -0.2) is 42.5 Å². The van der Waals surface area contributed by atoms with E-state index in [-0.39, 0.29) is 24.5 Å². The molecule has 1 saturated heterocycles. The van der Waals surface area contributed by atoms with Crippen molar-refractivity contribution in [3.8, 4) is 0 Å². The topological polar surface area (TPSA) is 58.6 Å². The number of likely N-dealkylation sites (N-methyl/N-ethyl adjacent to an activating group) is 1. The van der Waals surface area contributed by atoms with Gasteiger partial charge in [0.1, 0.15) is 6.61 Å². The van der Waals surface area contributed by atoms with Crippen molar-refractivity contribution in [3.05, 3.63) is 34.9 Å². The second-order valence-corrected chi connectivity index (χ2v) is 5.95. The normalized spacial score (nSPS) is 25.8. The first-order valence-corrected chi connectivity index (χ1v) is 7.37. The molecule has 0 radical (unpaired) electrons. The summed E-state index contributed by atoms with van der Waals surface area (Å²) in [6, 6.07) is 6.97. The van der Waals surface area contributed by atoms with Crippen molar-refractivity contribution in [3.63, 3.8) is 0 Å². The summed E-state index contributed by atoms with van der Waals surface area (Å²) in [4.78, 5) is 25.8. The number of hydrogen-bond donors (Lipinski definition) is 1. The summed E-state index contributed by atoms with van der Waals surface area (Å²) in [5.74, 6) is -0.290. The van der Waals surface area contributed by atoms with Crippen molar-refractivity contribution in [1.82, 2.24) is 10.2 Å². The summed E-state index contributed by atoms with van der Waals surface area (Å²) in [6.45, 7) is -0.0661. The highest BCUT2D eigenvalue weighted by molar-refractivity contribution is 6.30.